The van der Waals surface area contributed by atoms with Crippen molar-refractivity contribution in [3.05, 3.63) is 65.7 Å². The number of benzene rings is 2. The van der Waals surface area contributed by atoms with E-state index in [0.29, 0.717) is 12.4 Å². The summed E-state index contributed by atoms with van der Waals surface area (Å²) >= 11 is 1.69. The number of para-hydroxylation sites is 1. The van der Waals surface area contributed by atoms with Crippen LogP contribution in [0, 0.1) is 5.92 Å². The SMILES string of the molecule is CC1NNC2NC(=O)CSC(c3ccccc3OCc3ccccc3)C12. The number of carbonyl (C=O) groups excluding carboxylic acids is 1. The van der Waals surface area contributed by atoms with Gasteiger partial charge < -0.3 is 10.1 Å². The largest absolute Gasteiger partial charge is 0.489 e. The van der Waals surface area contributed by atoms with Crippen LogP contribution in [0.25, 0.3) is 0 Å². The van der Waals surface area contributed by atoms with Gasteiger partial charge in [0.25, 0.3) is 0 Å². The summed E-state index contributed by atoms with van der Waals surface area (Å²) in [5.74, 6) is 1.66. The van der Waals surface area contributed by atoms with Crippen molar-refractivity contribution in [3.63, 3.8) is 0 Å². The van der Waals surface area contributed by atoms with Crippen LogP contribution in [-0.4, -0.2) is 23.9 Å². The van der Waals surface area contributed by atoms with Gasteiger partial charge in [-0.05, 0) is 18.6 Å². The molecule has 5 nitrogen and oxygen atoms in total. The van der Waals surface area contributed by atoms with Crippen molar-refractivity contribution in [1.29, 1.82) is 0 Å². The Morgan fingerprint density at radius 1 is 1.08 bits per heavy atom. The van der Waals surface area contributed by atoms with Gasteiger partial charge in [0.05, 0.1) is 11.9 Å². The summed E-state index contributed by atoms with van der Waals surface area (Å²) in [6.07, 6.45) is -0.0697. The van der Waals surface area contributed by atoms with Gasteiger partial charge in [0.1, 0.15) is 12.4 Å². The van der Waals surface area contributed by atoms with Crippen LogP contribution in [-0.2, 0) is 11.4 Å². The predicted molar refractivity (Wildman–Crippen MR) is 104 cm³/mol. The van der Waals surface area contributed by atoms with E-state index in [4.69, 9.17) is 4.74 Å². The van der Waals surface area contributed by atoms with Crippen molar-refractivity contribution < 1.29 is 9.53 Å². The predicted octanol–water partition coefficient (Wildman–Crippen LogP) is 2.61. The number of nitrogens with one attached hydrogen (secondary N) is 3. The molecular weight excluding hydrogens is 346 g/mol. The molecule has 0 aromatic heterocycles. The molecule has 1 amide bonds. The van der Waals surface area contributed by atoms with E-state index in [1.807, 2.05) is 36.4 Å². The van der Waals surface area contributed by atoms with Crippen molar-refractivity contribution in [2.75, 3.05) is 5.75 Å². The van der Waals surface area contributed by atoms with Gasteiger partial charge in [-0.25, -0.2) is 5.43 Å². The highest BCUT2D eigenvalue weighted by molar-refractivity contribution is 8.00. The number of rotatable bonds is 4. The number of fused-ring (bicyclic) bond motifs is 1. The molecule has 2 aromatic carbocycles. The van der Waals surface area contributed by atoms with E-state index in [2.05, 4.69) is 41.3 Å². The normalized spacial score (nSPS) is 28.1. The van der Waals surface area contributed by atoms with Crippen LogP contribution in [0.5, 0.6) is 5.75 Å². The Bertz CT molecular complexity index is 771. The molecule has 136 valence electrons. The van der Waals surface area contributed by atoms with Crippen LogP contribution >= 0.6 is 11.8 Å². The summed E-state index contributed by atoms with van der Waals surface area (Å²) in [6.45, 7) is 2.68. The van der Waals surface area contributed by atoms with Gasteiger partial charge in [-0.1, -0.05) is 48.5 Å². The molecule has 0 radical (unpaired) electrons. The Balaban J connectivity index is 1.61. The first kappa shape index (κ1) is 17.4. The molecular formula is C20H23N3O2S. The first-order valence-corrected chi connectivity index (χ1v) is 9.95. The number of hydrogen-bond acceptors (Lipinski definition) is 5. The second kappa shape index (κ2) is 7.70. The van der Waals surface area contributed by atoms with Crippen LogP contribution < -0.4 is 20.9 Å². The van der Waals surface area contributed by atoms with Gasteiger partial charge in [0.2, 0.25) is 5.91 Å². The third kappa shape index (κ3) is 3.58. The quantitative estimate of drug-likeness (QED) is 0.773. The number of carbonyl (C=O) groups is 1. The average Bonchev–Trinajstić information content (AvgIpc) is 2.93. The molecule has 4 rings (SSSR count). The summed E-state index contributed by atoms with van der Waals surface area (Å²) < 4.78 is 6.17. The zero-order valence-corrected chi connectivity index (χ0v) is 15.5. The van der Waals surface area contributed by atoms with E-state index in [9.17, 15) is 4.79 Å². The molecule has 4 atom stereocenters. The molecule has 2 fully saturated rings. The van der Waals surface area contributed by atoms with E-state index in [1.165, 1.54) is 0 Å². The fraction of sp³-hybridized carbons (Fsp3) is 0.350. The molecule has 0 spiro atoms. The van der Waals surface area contributed by atoms with E-state index < -0.39 is 0 Å². The standard InChI is InChI=1S/C20H23N3O2S/c1-13-18-19(26-12-17(24)21-20(18)23-22-13)15-9-5-6-10-16(15)25-11-14-7-3-2-4-8-14/h2-10,13,18-20,22-23H,11-12H2,1H3,(H,21,24). The lowest BCUT2D eigenvalue weighted by Gasteiger charge is -2.28. The maximum Gasteiger partial charge on any atom is 0.231 e. The number of thioether (sulfide) groups is 1. The monoisotopic (exact) mass is 369 g/mol. The Kier molecular flexibility index (Phi) is 5.15. The minimum Gasteiger partial charge on any atom is -0.489 e. The van der Waals surface area contributed by atoms with E-state index in [1.54, 1.807) is 11.8 Å². The highest BCUT2D eigenvalue weighted by Gasteiger charge is 2.43. The topological polar surface area (TPSA) is 62.4 Å². The number of ether oxygens (including phenoxy) is 1. The van der Waals surface area contributed by atoms with E-state index in [0.717, 1.165) is 16.9 Å². The van der Waals surface area contributed by atoms with Crippen LogP contribution in [0.15, 0.2) is 54.6 Å². The second-order valence-corrected chi connectivity index (χ2v) is 7.87. The fourth-order valence-electron chi connectivity index (χ4n) is 3.64. The summed E-state index contributed by atoms with van der Waals surface area (Å²) in [5.41, 5.74) is 8.78. The first-order chi connectivity index (χ1) is 12.7. The maximum atomic E-state index is 12.1. The molecule has 0 aliphatic carbocycles. The summed E-state index contributed by atoms with van der Waals surface area (Å²) in [5, 5.41) is 3.24. The van der Waals surface area contributed by atoms with Gasteiger partial charge in [0.15, 0.2) is 0 Å². The van der Waals surface area contributed by atoms with E-state index >= 15 is 0 Å². The summed E-state index contributed by atoms with van der Waals surface area (Å²) in [6, 6.07) is 18.6. The third-order valence-corrected chi connectivity index (χ3v) is 6.31. The molecule has 4 unspecified atom stereocenters. The van der Waals surface area contributed by atoms with Crippen LogP contribution in [0.2, 0.25) is 0 Å². The smallest absolute Gasteiger partial charge is 0.231 e. The van der Waals surface area contributed by atoms with Gasteiger partial charge in [0, 0.05) is 22.8 Å². The van der Waals surface area contributed by atoms with Gasteiger partial charge in [-0.3, -0.25) is 10.2 Å². The molecule has 3 N–H and O–H groups in total. The second-order valence-electron chi connectivity index (χ2n) is 6.74. The van der Waals surface area contributed by atoms with Gasteiger partial charge in [-0.15, -0.1) is 11.8 Å². The Hall–Kier alpha value is -2.02. The number of amides is 1. The Labute approximate surface area is 157 Å². The van der Waals surface area contributed by atoms with E-state index in [-0.39, 0.29) is 29.3 Å². The Morgan fingerprint density at radius 3 is 2.69 bits per heavy atom. The van der Waals surface area contributed by atoms with Crippen molar-refractivity contribution in [2.45, 2.75) is 31.0 Å². The summed E-state index contributed by atoms with van der Waals surface area (Å²) in [7, 11) is 0. The van der Waals surface area contributed by atoms with Crippen LogP contribution in [0.1, 0.15) is 23.3 Å². The molecule has 2 aromatic rings. The molecule has 2 saturated heterocycles. The zero-order chi connectivity index (χ0) is 17.9. The van der Waals surface area contributed by atoms with Crippen LogP contribution in [0.4, 0.5) is 0 Å². The van der Waals surface area contributed by atoms with Crippen molar-refractivity contribution in [2.24, 2.45) is 5.92 Å². The highest BCUT2D eigenvalue weighted by atomic mass is 32.2. The highest BCUT2D eigenvalue weighted by Crippen LogP contribution is 2.45. The molecule has 2 aliphatic heterocycles. The minimum atomic E-state index is -0.0697. The molecule has 2 heterocycles. The van der Waals surface area contributed by atoms with Crippen molar-refractivity contribution >= 4 is 17.7 Å². The first-order valence-electron chi connectivity index (χ1n) is 8.90. The molecule has 6 heteroatoms. The fourth-order valence-corrected chi connectivity index (χ4v) is 5.05. The number of hydrogen-bond donors (Lipinski definition) is 3. The van der Waals surface area contributed by atoms with Crippen molar-refractivity contribution in [1.82, 2.24) is 16.2 Å². The molecule has 0 saturated carbocycles. The van der Waals surface area contributed by atoms with Crippen LogP contribution in [0.3, 0.4) is 0 Å². The third-order valence-electron chi connectivity index (χ3n) is 4.95. The average molecular weight is 369 g/mol. The molecule has 0 bridgehead atoms. The summed E-state index contributed by atoms with van der Waals surface area (Å²) in [4.78, 5) is 12.1. The van der Waals surface area contributed by atoms with Gasteiger partial charge in [-0.2, -0.15) is 0 Å². The van der Waals surface area contributed by atoms with Gasteiger partial charge >= 0.3 is 0 Å². The Morgan fingerprint density at radius 2 is 1.85 bits per heavy atom. The lowest BCUT2D eigenvalue weighted by Crippen LogP contribution is -2.46. The lowest BCUT2D eigenvalue weighted by atomic mass is 9.91. The number of hydrazine groups is 1. The lowest BCUT2D eigenvalue weighted by molar-refractivity contribution is -0.119. The minimum absolute atomic E-state index is 0.0681. The molecule has 26 heavy (non-hydrogen) atoms. The maximum absolute atomic E-state index is 12.1. The van der Waals surface area contributed by atoms with Crippen molar-refractivity contribution in [3.8, 4) is 5.75 Å². The zero-order valence-electron chi connectivity index (χ0n) is 14.6. The molecule has 2 aliphatic rings.